The number of nitrogens with one attached hydrogen (secondary N) is 2. The number of aryl methyl sites for hydroxylation is 1. The van der Waals surface area contributed by atoms with Crippen LogP contribution in [0, 0.1) is 30.3 Å². The Morgan fingerprint density at radius 2 is 1.86 bits per heavy atom. The first-order valence-corrected chi connectivity index (χ1v) is 11.4. The highest BCUT2D eigenvalue weighted by molar-refractivity contribution is 9.10. The minimum absolute atomic E-state index is 0.00891. The van der Waals surface area contributed by atoms with Crippen LogP contribution in [0.4, 0.5) is 24.7 Å². The molecule has 1 aliphatic rings. The van der Waals surface area contributed by atoms with E-state index in [1.807, 2.05) is 30.3 Å². The summed E-state index contributed by atoms with van der Waals surface area (Å²) in [5.74, 6) is -6.32. The third-order valence-corrected chi connectivity index (χ3v) is 5.91. The summed E-state index contributed by atoms with van der Waals surface area (Å²) in [4.78, 5) is 35.8. The molecule has 3 aromatic rings. The number of benzene rings is 2. The smallest absolute Gasteiger partial charge is 0.256 e. The van der Waals surface area contributed by atoms with E-state index in [-0.39, 0.29) is 25.5 Å². The molecule has 0 bridgehead atoms. The van der Waals surface area contributed by atoms with Gasteiger partial charge in [-0.3, -0.25) is 14.4 Å². The highest BCUT2D eigenvalue weighted by Gasteiger charge is 2.38. The van der Waals surface area contributed by atoms with Crippen molar-refractivity contribution in [3.63, 3.8) is 0 Å². The van der Waals surface area contributed by atoms with Gasteiger partial charge in [-0.05, 0) is 46.1 Å². The number of nitrogens with zero attached hydrogens (tertiary/aromatic N) is 2. The fraction of sp³-hybridized carbons (Fsp3) is 0.208. The van der Waals surface area contributed by atoms with Crippen LogP contribution >= 0.6 is 15.9 Å². The van der Waals surface area contributed by atoms with Crippen LogP contribution in [0.15, 0.2) is 53.1 Å². The van der Waals surface area contributed by atoms with Crippen molar-refractivity contribution in [1.29, 1.82) is 0 Å². The van der Waals surface area contributed by atoms with E-state index in [1.165, 1.54) is 11.1 Å². The second kappa shape index (κ2) is 10.4. The molecule has 11 heteroatoms. The topological polar surface area (TPSA) is 83.6 Å². The maximum Gasteiger partial charge on any atom is 0.256 e. The van der Waals surface area contributed by atoms with Gasteiger partial charge in [-0.1, -0.05) is 30.3 Å². The third kappa shape index (κ3) is 5.46. The molecular formula is C24H20BrF3N4O3. The molecule has 182 valence electrons. The molecule has 1 fully saturated rings. The molecule has 0 aliphatic carbocycles. The van der Waals surface area contributed by atoms with Crippen LogP contribution < -0.4 is 10.8 Å². The Bertz CT molecular complexity index is 1270. The number of aromatic nitrogens is 1. The Kier molecular flexibility index (Phi) is 7.37. The minimum atomic E-state index is -1.71. The normalized spacial score (nSPS) is 13.3. The fourth-order valence-electron chi connectivity index (χ4n) is 3.50. The number of likely N-dealkylation sites (tertiary alicyclic amines) is 1. The highest BCUT2D eigenvalue weighted by atomic mass is 79.9. The predicted octanol–water partition coefficient (Wildman–Crippen LogP) is 4.63. The zero-order valence-electron chi connectivity index (χ0n) is 18.4. The number of pyridine rings is 1. The monoisotopic (exact) mass is 548 g/mol. The SMILES string of the molecule is Cc1cc(Br)cnc1Nc1c(C(=O)N2CC(C(=O)NOCc3ccccc3)C2)cc(F)c(F)c1F. The lowest BCUT2D eigenvalue weighted by Crippen LogP contribution is -2.55. The minimum Gasteiger partial charge on any atom is -0.337 e. The van der Waals surface area contributed by atoms with Crippen molar-refractivity contribution in [2.45, 2.75) is 13.5 Å². The van der Waals surface area contributed by atoms with Gasteiger partial charge in [0.15, 0.2) is 17.5 Å². The van der Waals surface area contributed by atoms with Gasteiger partial charge in [0.05, 0.1) is 23.8 Å². The Morgan fingerprint density at radius 1 is 1.14 bits per heavy atom. The first-order chi connectivity index (χ1) is 16.7. The number of carbonyl (C=O) groups is 2. The van der Waals surface area contributed by atoms with E-state index >= 15 is 0 Å². The molecule has 0 unspecified atom stereocenters. The zero-order valence-corrected chi connectivity index (χ0v) is 20.0. The van der Waals surface area contributed by atoms with Crippen molar-refractivity contribution in [2.24, 2.45) is 5.92 Å². The van der Waals surface area contributed by atoms with Crippen LogP contribution in [0.2, 0.25) is 0 Å². The molecule has 2 aromatic carbocycles. The number of amides is 2. The van der Waals surface area contributed by atoms with Gasteiger partial charge in [0.2, 0.25) is 5.91 Å². The lowest BCUT2D eigenvalue weighted by atomic mass is 9.97. The van der Waals surface area contributed by atoms with Crippen molar-refractivity contribution < 1.29 is 27.6 Å². The number of hydroxylamine groups is 1. The molecule has 1 aliphatic heterocycles. The Morgan fingerprint density at radius 3 is 2.54 bits per heavy atom. The average Bonchev–Trinajstić information content (AvgIpc) is 2.80. The molecule has 2 amide bonds. The highest BCUT2D eigenvalue weighted by Crippen LogP contribution is 2.31. The van der Waals surface area contributed by atoms with Crippen molar-refractivity contribution in [1.82, 2.24) is 15.4 Å². The van der Waals surface area contributed by atoms with Crippen LogP contribution in [-0.2, 0) is 16.2 Å². The predicted molar refractivity (Wildman–Crippen MR) is 125 cm³/mol. The molecule has 4 rings (SSSR count). The van der Waals surface area contributed by atoms with Gasteiger partial charge in [0.25, 0.3) is 5.91 Å². The summed E-state index contributed by atoms with van der Waals surface area (Å²) in [6.45, 7) is 1.87. The average molecular weight is 549 g/mol. The number of anilines is 2. The van der Waals surface area contributed by atoms with E-state index in [1.54, 1.807) is 13.0 Å². The van der Waals surface area contributed by atoms with E-state index in [9.17, 15) is 22.8 Å². The van der Waals surface area contributed by atoms with Crippen LogP contribution in [0.1, 0.15) is 21.5 Å². The number of halogens is 4. The maximum absolute atomic E-state index is 14.7. The first-order valence-electron chi connectivity index (χ1n) is 10.6. The summed E-state index contributed by atoms with van der Waals surface area (Å²) >= 11 is 3.26. The molecule has 0 atom stereocenters. The summed E-state index contributed by atoms with van der Waals surface area (Å²) in [5, 5.41) is 2.61. The quantitative estimate of drug-likeness (QED) is 0.332. The zero-order chi connectivity index (χ0) is 25.1. The lowest BCUT2D eigenvalue weighted by Gasteiger charge is -2.38. The Labute approximate surface area is 207 Å². The number of hydrogen-bond acceptors (Lipinski definition) is 5. The largest absolute Gasteiger partial charge is 0.337 e. The van der Waals surface area contributed by atoms with Crippen molar-refractivity contribution in [2.75, 3.05) is 18.4 Å². The van der Waals surface area contributed by atoms with Gasteiger partial charge in [-0.15, -0.1) is 0 Å². The number of hydrogen-bond donors (Lipinski definition) is 2. The molecule has 1 saturated heterocycles. The van der Waals surface area contributed by atoms with E-state index in [0.29, 0.717) is 16.1 Å². The molecular weight excluding hydrogens is 529 g/mol. The lowest BCUT2D eigenvalue weighted by molar-refractivity contribution is -0.143. The van der Waals surface area contributed by atoms with Crippen LogP contribution in [0.25, 0.3) is 0 Å². The molecule has 0 saturated carbocycles. The molecule has 7 nitrogen and oxygen atoms in total. The van der Waals surface area contributed by atoms with Crippen molar-refractivity contribution in [3.8, 4) is 0 Å². The summed E-state index contributed by atoms with van der Waals surface area (Å²) in [7, 11) is 0. The standard InChI is InChI=1S/C24H20BrF3N4O3/c1-13-7-16(25)9-29-22(13)30-21-17(8-18(26)19(27)20(21)28)24(34)32-10-15(11-32)23(33)31-35-12-14-5-3-2-4-6-14/h2-9,15H,10-12H2,1H3,(H,29,30)(H,31,33). The van der Waals surface area contributed by atoms with Crippen molar-refractivity contribution >= 4 is 39.2 Å². The maximum atomic E-state index is 14.7. The summed E-state index contributed by atoms with van der Waals surface area (Å²) in [6.07, 6.45) is 1.44. The van der Waals surface area contributed by atoms with Gasteiger partial charge >= 0.3 is 0 Å². The van der Waals surface area contributed by atoms with Gasteiger partial charge < -0.3 is 10.2 Å². The van der Waals surface area contributed by atoms with Crippen LogP contribution in [0.5, 0.6) is 0 Å². The second-order valence-electron chi connectivity index (χ2n) is 8.00. The van der Waals surface area contributed by atoms with Crippen LogP contribution in [0.3, 0.4) is 0 Å². The van der Waals surface area contributed by atoms with Gasteiger partial charge in [-0.25, -0.2) is 23.6 Å². The molecule has 2 N–H and O–H groups in total. The second-order valence-corrected chi connectivity index (χ2v) is 8.92. The number of rotatable bonds is 7. The summed E-state index contributed by atoms with van der Waals surface area (Å²) in [5.41, 5.74) is 2.84. The Balaban J connectivity index is 1.43. The van der Waals surface area contributed by atoms with E-state index in [2.05, 4.69) is 31.7 Å². The molecule has 0 spiro atoms. The van der Waals surface area contributed by atoms with Gasteiger partial charge in [0.1, 0.15) is 5.82 Å². The first kappa shape index (κ1) is 24.7. The van der Waals surface area contributed by atoms with E-state index in [0.717, 1.165) is 5.56 Å². The number of carbonyl (C=O) groups excluding carboxylic acids is 2. The molecule has 0 radical (unpaired) electrons. The fourth-order valence-corrected chi connectivity index (χ4v) is 3.95. The van der Waals surface area contributed by atoms with Gasteiger partial charge in [0, 0.05) is 23.8 Å². The summed E-state index contributed by atoms with van der Waals surface area (Å²) in [6, 6.07) is 11.5. The third-order valence-electron chi connectivity index (χ3n) is 5.47. The molecule has 2 heterocycles. The summed E-state index contributed by atoms with van der Waals surface area (Å²) < 4.78 is 43.4. The Hall–Kier alpha value is -3.44. The van der Waals surface area contributed by atoms with E-state index in [4.69, 9.17) is 4.84 Å². The van der Waals surface area contributed by atoms with Crippen molar-refractivity contribution in [3.05, 3.63) is 87.3 Å². The van der Waals surface area contributed by atoms with E-state index < -0.39 is 46.4 Å². The van der Waals surface area contributed by atoms with Gasteiger partial charge in [-0.2, -0.15) is 0 Å². The molecule has 35 heavy (non-hydrogen) atoms. The molecule has 1 aromatic heterocycles. The van der Waals surface area contributed by atoms with Crippen LogP contribution in [-0.4, -0.2) is 34.8 Å².